The minimum Gasteiger partial charge on any atom is -0.300 e. The molecule has 0 aliphatic carbocycles. The van der Waals surface area contributed by atoms with Crippen LogP contribution in [0.25, 0.3) is 0 Å². The molecule has 35 heavy (non-hydrogen) atoms. The van der Waals surface area contributed by atoms with Crippen LogP contribution in [-0.4, -0.2) is 28.7 Å². The third kappa shape index (κ3) is 3.54. The molecule has 5 nitrogen and oxygen atoms in total. The van der Waals surface area contributed by atoms with E-state index in [1.807, 2.05) is 6.92 Å². The van der Waals surface area contributed by atoms with E-state index >= 15 is 0 Å². The highest BCUT2D eigenvalue weighted by Gasteiger charge is 2.58. The standard InChI is InChI=1S/C24H12Cl5FN2O3/c1-9-2-7-12(8-13(9)25)31-20(10-3-5-11(30)6-4-10)21(24(31)35)32-22(33)14-15(23(32)34)17(27)19(29)18(28)16(14)26/h2-8,20-21H,1H3/t20-,21+/m0/s1. The molecule has 0 aromatic heterocycles. The number of carbonyl (C=O) groups is 3. The molecule has 0 unspecified atom stereocenters. The van der Waals surface area contributed by atoms with E-state index in [0.29, 0.717) is 16.3 Å². The van der Waals surface area contributed by atoms with Crippen LogP contribution in [0.1, 0.15) is 37.9 Å². The average Bonchev–Trinajstić information content (AvgIpc) is 3.08. The molecule has 1 fully saturated rings. The molecular formula is C24H12Cl5FN2O3. The summed E-state index contributed by atoms with van der Waals surface area (Å²) in [7, 11) is 0. The fourth-order valence-electron chi connectivity index (χ4n) is 4.36. The predicted octanol–water partition coefficient (Wildman–Crippen LogP) is 7.15. The van der Waals surface area contributed by atoms with Crippen LogP contribution in [0.2, 0.25) is 25.1 Å². The molecule has 0 saturated carbocycles. The Kier molecular flexibility index (Phi) is 6.01. The fraction of sp³-hybridized carbons (Fsp3) is 0.125. The number of rotatable bonds is 3. The molecule has 0 radical (unpaired) electrons. The lowest BCUT2D eigenvalue weighted by Gasteiger charge is -2.49. The molecule has 178 valence electrons. The second-order valence-corrected chi connectivity index (χ2v) is 9.99. The largest absolute Gasteiger partial charge is 0.300 e. The first-order valence-corrected chi connectivity index (χ1v) is 12.0. The van der Waals surface area contributed by atoms with Gasteiger partial charge in [-0.2, -0.15) is 0 Å². The van der Waals surface area contributed by atoms with E-state index < -0.39 is 35.6 Å². The maximum absolute atomic E-state index is 13.7. The van der Waals surface area contributed by atoms with E-state index in [0.717, 1.165) is 10.5 Å². The Labute approximate surface area is 223 Å². The number of β-lactam (4-membered cyclic amide) rings is 1. The zero-order valence-corrected chi connectivity index (χ0v) is 21.4. The minimum atomic E-state index is -1.25. The number of amides is 3. The van der Waals surface area contributed by atoms with Crippen LogP contribution in [0.4, 0.5) is 10.1 Å². The molecule has 11 heteroatoms. The monoisotopic (exact) mass is 570 g/mol. The van der Waals surface area contributed by atoms with Crippen molar-refractivity contribution in [3.05, 3.63) is 95.6 Å². The molecule has 5 rings (SSSR count). The van der Waals surface area contributed by atoms with Crippen LogP contribution < -0.4 is 4.90 Å². The van der Waals surface area contributed by atoms with Gasteiger partial charge in [-0.3, -0.25) is 19.3 Å². The Balaban J connectivity index is 1.64. The molecule has 2 aliphatic rings. The number of carbonyl (C=O) groups excluding carboxylic acids is 3. The maximum Gasteiger partial charge on any atom is 0.264 e. The molecule has 1 saturated heterocycles. The zero-order valence-electron chi connectivity index (χ0n) is 17.6. The predicted molar refractivity (Wildman–Crippen MR) is 134 cm³/mol. The van der Waals surface area contributed by atoms with Gasteiger partial charge < -0.3 is 4.90 Å². The molecule has 3 aromatic rings. The van der Waals surface area contributed by atoms with Gasteiger partial charge in [0.2, 0.25) is 0 Å². The number of anilines is 1. The van der Waals surface area contributed by atoms with Crippen molar-refractivity contribution < 1.29 is 18.8 Å². The SMILES string of the molecule is Cc1ccc(N2C(=O)[C@H](N3C(=O)c4c(Cl)c(Cl)c(Cl)c(Cl)c4C3=O)[C@@H]2c2ccc(F)cc2)cc1Cl. The van der Waals surface area contributed by atoms with Crippen LogP contribution in [0.3, 0.4) is 0 Å². The third-order valence-corrected chi connectivity index (χ3v) is 8.33. The van der Waals surface area contributed by atoms with E-state index in [9.17, 15) is 18.8 Å². The molecule has 0 N–H and O–H groups in total. The highest BCUT2D eigenvalue weighted by atomic mass is 35.5. The molecule has 2 heterocycles. The maximum atomic E-state index is 13.7. The van der Waals surface area contributed by atoms with Gasteiger partial charge in [-0.1, -0.05) is 76.2 Å². The summed E-state index contributed by atoms with van der Waals surface area (Å²) in [6.07, 6.45) is 0. The highest BCUT2D eigenvalue weighted by Crippen LogP contribution is 2.49. The van der Waals surface area contributed by atoms with Crippen molar-refractivity contribution >= 4 is 81.4 Å². The van der Waals surface area contributed by atoms with Gasteiger partial charge in [-0.05, 0) is 42.3 Å². The fourth-order valence-corrected chi connectivity index (χ4v) is 5.54. The number of imide groups is 1. The van der Waals surface area contributed by atoms with Gasteiger partial charge in [-0.15, -0.1) is 0 Å². The summed E-state index contributed by atoms with van der Waals surface area (Å²) >= 11 is 31.0. The minimum absolute atomic E-state index is 0.175. The van der Waals surface area contributed by atoms with Gasteiger partial charge in [0.15, 0.2) is 0 Å². The lowest BCUT2D eigenvalue weighted by atomic mass is 9.86. The number of halogens is 6. The van der Waals surface area contributed by atoms with E-state index in [1.165, 1.54) is 29.2 Å². The van der Waals surface area contributed by atoms with E-state index in [2.05, 4.69) is 0 Å². The second kappa shape index (κ2) is 8.64. The first-order chi connectivity index (χ1) is 16.5. The first kappa shape index (κ1) is 24.3. The number of hydrogen-bond donors (Lipinski definition) is 0. The molecule has 3 aromatic carbocycles. The van der Waals surface area contributed by atoms with Gasteiger partial charge in [0.05, 0.1) is 37.3 Å². The second-order valence-electron chi connectivity index (χ2n) is 8.07. The topological polar surface area (TPSA) is 57.7 Å². The lowest BCUT2D eigenvalue weighted by Crippen LogP contribution is -2.67. The molecule has 2 atom stereocenters. The van der Waals surface area contributed by atoms with Crippen molar-refractivity contribution in [3.63, 3.8) is 0 Å². The summed E-state index contributed by atoms with van der Waals surface area (Å²) in [5.41, 5.74) is 1.31. The number of aryl methyl sites for hydroxylation is 1. The Hall–Kier alpha value is -2.35. The Morgan fingerprint density at radius 1 is 0.714 bits per heavy atom. The van der Waals surface area contributed by atoms with Crippen molar-refractivity contribution in [1.82, 2.24) is 4.90 Å². The number of benzene rings is 3. The number of fused-ring (bicyclic) bond motifs is 1. The summed E-state index contributed by atoms with van der Waals surface area (Å²) in [4.78, 5) is 42.5. The van der Waals surface area contributed by atoms with Gasteiger partial charge in [-0.25, -0.2) is 4.39 Å². The van der Waals surface area contributed by atoms with Crippen molar-refractivity contribution in [2.75, 3.05) is 4.90 Å². The van der Waals surface area contributed by atoms with Crippen molar-refractivity contribution in [3.8, 4) is 0 Å². The quantitative estimate of drug-likeness (QED) is 0.145. The summed E-state index contributed by atoms with van der Waals surface area (Å²) in [6, 6.07) is 8.38. The summed E-state index contributed by atoms with van der Waals surface area (Å²) in [5, 5.41) is -0.384. The van der Waals surface area contributed by atoms with Crippen LogP contribution >= 0.6 is 58.0 Å². The number of nitrogens with zero attached hydrogens (tertiary/aromatic N) is 2. The van der Waals surface area contributed by atoms with Crippen molar-refractivity contribution in [2.45, 2.75) is 19.0 Å². The number of hydrogen-bond acceptors (Lipinski definition) is 3. The molecule has 0 spiro atoms. The molecular weight excluding hydrogens is 561 g/mol. The van der Waals surface area contributed by atoms with Crippen LogP contribution in [0.5, 0.6) is 0 Å². The summed E-state index contributed by atoms with van der Waals surface area (Å²) in [5.74, 6) is -2.69. The molecule has 2 aliphatic heterocycles. The van der Waals surface area contributed by atoms with Crippen molar-refractivity contribution in [2.24, 2.45) is 0 Å². The van der Waals surface area contributed by atoms with Gasteiger partial charge in [0.25, 0.3) is 17.7 Å². The third-order valence-electron chi connectivity index (χ3n) is 6.12. The van der Waals surface area contributed by atoms with E-state index in [4.69, 9.17) is 58.0 Å². The molecule has 0 bridgehead atoms. The van der Waals surface area contributed by atoms with E-state index in [-0.39, 0.29) is 31.2 Å². The smallest absolute Gasteiger partial charge is 0.264 e. The van der Waals surface area contributed by atoms with Crippen molar-refractivity contribution in [1.29, 1.82) is 0 Å². The lowest BCUT2D eigenvalue weighted by molar-refractivity contribution is -0.130. The van der Waals surface area contributed by atoms with Gasteiger partial charge in [0, 0.05) is 10.7 Å². The normalized spacial score (nSPS) is 19.3. The first-order valence-electron chi connectivity index (χ1n) is 10.1. The summed E-state index contributed by atoms with van der Waals surface area (Å²) < 4.78 is 13.7. The summed E-state index contributed by atoms with van der Waals surface area (Å²) in [6.45, 7) is 1.81. The highest BCUT2D eigenvalue weighted by molar-refractivity contribution is 6.55. The average molecular weight is 573 g/mol. The van der Waals surface area contributed by atoms with Crippen LogP contribution in [0, 0.1) is 12.7 Å². The van der Waals surface area contributed by atoms with Crippen LogP contribution in [0.15, 0.2) is 42.5 Å². The Morgan fingerprint density at radius 3 is 1.77 bits per heavy atom. The zero-order chi connectivity index (χ0) is 25.3. The van der Waals surface area contributed by atoms with E-state index in [1.54, 1.807) is 18.2 Å². The Morgan fingerprint density at radius 2 is 1.26 bits per heavy atom. The van der Waals surface area contributed by atoms with Gasteiger partial charge >= 0.3 is 0 Å². The van der Waals surface area contributed by atoms with Gasteiger partial charge in [0.1, 0.15) is 11.9 Å². The van der Waals surface area contributed by atoms with Crippen LogP contribution in [-0.2, 0) is 4.79 Å². The Bertz CT molecular complexity index is 1410. The molecule has 3 amide bonds.